The topological polar surface area (TPSA) is 63.9 Å². The van der Waals surface area contributed by atoms with Gasteiger partial charge in [0.25, 0.3) is 0 Å². The summed E-state index contributed by atoms with van der Waals surface area (Å²) in [6.07, 6.45) is 0. The van der Waals surface area contributed by atoms with Gasteiger partial charge in [0, 0.05) is 11.5 Å². The molecule has 2 bridgehead atoms. The van der Waals surface area contributed by atoms with Crippen LogP contribution in [-0.4, -0.2) is 67.8 Å². The highest BCUT2D eigenvalue weighted by Crippen LogP contribution is 2.47. The third-order valence-corrected chi connectivity index (χ3v) is 5.91. The molecule has 2 fully saturated rings. The third-order valence-electron chi connectivity index (χ3n) is 2.91. The SMILES string of the molecule is OCC(CO)(CO)N1C2CSC1CS2. The Morgan fingerprint density at radius 1 is 1.00 bits per heavy atom. The van der Waals surface area contributed by atoms with Crippen LogP contribution in [0.1, 0.15) is 0 Å². The second-order valence-electron chi connectivity index (χ2n) is 3.68. The highest BCUT2D eigenvalue weighted by molar-refractivity contribution is 8.07. The van der Waals surface area contributed by atoms with E-state index in [0.29, 0.717) is 10.7 Å². The molecular formula is C8H15NO3S2. The van der Waals surface area contributed by atoms with E-state index in [1.165, 1.54) is 0 Å². The number of hydrogen-bond acceptors (Lipinski definition) is 6. The molecule has 0 radical (unpaired) electrons. The number of hydrogen-bond donors (Lipinski definition) is 3. The van der Waals surface area contributed by atoms with Crippen LogP contribution in [0, 0.1) is 0 Å². The van der Waals surface area contributed by atoms with Gasteiger partial charge >= 0.3 is 0 Å². The molecule has 0 aromatic carbocycles. The van der Waals surface area contributed by atoms with Crippen molar-refractivity contribution in [2.24, 2.45) is 0 Å². The molecule has 2 aliphatic rings. The molecule has 82 valence electrons. The molecule has 2 rings (SSSR count). The molecule has 0 spiro atoms. The Morgan fingerprint density at radius 3 is 1.71 bits per heavy atom. The first kappa shape index (κ1) is 11.0. The van der Waals surface area contributed by atoms with E-state index >= 15 is 0 Å². The van der Waals surface area contributed by atoms with Crippen molar-refractivity contribution in [1.82, 2.24) is 4.90 Å². The van der Waals surface area contributed by atoms with Gasteiger partial charge in [-0.1, -0.05) is 0 Å². The molecule has 14 heavy (non-hydrogen) atoms. The molecule has 2 saturated heterocycles. The smallest absolute Gasteiger partial charge is 0.0924 e. The molecule has 6 heteroatoms. The first-order chi connectivity index (χ1) is 6.77. The van der Waals surface area contributed by atoms with Crippen LogP contribution in [0.2, 0.25) is 0 Å². The molecule has 0 aromatic rings. The van der Waals surface area contributed by atoms with Crippen LogP contribution in [0.15, 0.2) is 0 Å². The molecule has 0 saturated carbocycles. The zero-order chi connectivity index (χ0) is 10.2. The third kappa shape index (κ3) is 1.48. The number of aliphatic hydroxyl groups excluding tert-OH is 3. The Bertz CT molecular complexity index is 184. The standard InChI is InChI=1S/C8H15NO3S2/c10-3-8(4-11,5-12)9-6-1-13-7(9)2-14-6/h6-7,10-12H,1-5H2. The molecule has 0 aliphatic carbocycles. The van der Waals surface area contributed by atoms with Gasteiger partial charge < -0.3 is 15.3 Å². The quantitative estimate of drug-likeness (QED) is 0.592. The Morgan fingerprint density at radius 2 is 1.43 bits per heavy atom. The summed E-state index contributed by atoms with van der Waals surface area (Å²) >= 11 is 3.69. The summed E-state index contributed by atoms with van der Waals surface area (Å²) in [5, 5.41) is 28.6. The highest BCUT2D eigenvalue weighted by atomic mass is 32.2. The number of rotatable bonds is 4. The zero-order valence-corrected chi connectivity index (χ0v) is 9.43. The van der Waals surface area contributed by atoms with E-state index in [1.54, 1.807) is 0 Å². The van der Waals surface area contributed by atoms with Gasteiger partial charge in [-0.2, -0.15) is 0 Å². The van der Waals surface area contributed by atoms with Crippen molar-refractivity contribution in [1.29, 1.82) is 0 Å². The lowest BCUT2D eigenvalue weighted by Crippen LogP contribution is -2.59. The Balaban J connectivity index is 2.19. The summed E-state index contributed by atoms with van der Waals surface area (Å²) in [6, 6.07) is 0. The van der Waals surface area contributed by atoms with Crippen molar-refractivity contribution in [3.8, 4) is 0 Å². The molecule has 2 atom stereocenters. The summed E-state index contributed by atoms with van der Waals surface area (Å²) in [7, 11) is 0. The molecule has 0 amide bonds. The normalized spacial score (nSPS) is 32.8. The maximum Gasteiger partial charge on any atom is 0.0924 e. The average Bonchev–Trinajstić information content (AvgIpc) is 2.83. The van der Waals surface area contributed by atoms with Crippen molar-refractivity contribution in [2.75, 3.05) is 31.3 Å². The first-order valence-corrected chi connectivity index (χ1v) is 6.71. The van der Waals surface area contributed by atoms with E-state index in [-0.39, 0.29) is 19.8 Å². The fraction of sp³-hybridized carbons (Fsp3) is 1.00. The van der Waals surface area contributed by atoms with E-state index in [4.69, 9.17) is 0 Å². The maximum absolute atomic E-state index is 9.32. The lowest BCUT2D eigenvalue weighted by molar-refractivity contribution is -0.0458. The van der Waals surface area contributed by atoms with Gasteiger partial charge in [-0.25, -0.2) is 0 Å². The monoisotopic (exact) mass is 237 g/mol. The van der Waals surface area contributed by atoms with Gasteiger partial charge in [-0.3, -0.25) is 4.90 Å². The van der Waals surface area contributed by atoms with Crippen LogP contribution >= 0.6 is 23.5 Å². The second kappa shape index (κ2) is 4.19. The van der Waals surface area contributed by atoms with Crippen molar-refractivity contribution in [3.63, 3.8) is 0 Å². The van der Waals surface area contributed by atoms with Crippen molar-refractivity contribution in [2.45, 2.75) is 16.3 Å². The number of aliphatic hydroxyl groups is 3. The predicted molar refractivity (Wildman–Crippen MR) is 58.3 cm³/mol. The highest BCUT2D eigenvalue weighted by Gasteiger charge is 2.51. The lowest BCUT2D eigenvalue weighted by atomic mass is 10.0. The minimum absolute atomic E-state index is 0.186. The van der Waals surface area contributed by atoms with Gasteiger partial charge in [-0.05, 0) is 0 Å². The molecule has 0 aromatic heterocycles. The second-order valence-corrected chi connectivity index (χ2v) is 6.10. The Kier molecular flexibility index (Phi) is 3.30. The van der Waals surface area contributed by atoms with Crippen molar-refractivity contribution >= 4 is 23.5 Å². The molecule has 4 nitrogen and oxygen atoms in total. The number of fused-ring (bicyclic) bond motifs is 2. The molecule has 3 N–H and O–H groups in total. The van der Waals surface area contributed by atoms with Crippen LogP contribution in [0.5, 0.6) is 0 Å². The molecule has 2 heterocycles. The van der Waals surface area contributed by atoms with E-state index < -0.39 is 5.54 Å². The van der Waals surface area contributed by atoms with E-state index in [9.17, 15) is 15.3 Å². The Hall–Kier alpha value is 0.540. The van der Waals surface area contributed by atoms with E-state index in [0.717, 1.165) is 11.5 Å². The average molecular weight is 237 g/mol. The van der Waals surface area contributed by atoms with Gasteiger partial charge in [0.1, 0.15) is 0 Å². The Labute approximate surface area is 91.7 Å². The summed E-state index contributed by atoms with van der Waals surface area (Å²) in [5.74, 6) is 2.05. The van der Waals surface area contributed by atoms with Gasteiger partial charge in [0.05, 0.1) is 36.1 Å². The fourth-order valence-corrected chi connectivity index (χ4v) is 5.47. The minimum Gasteiger partial charge on any atom is -0.394 e. The lowest BCUT2D eigenvalue weighted by Gasteiger charge is -2.39. The predicted octanol–water partition coefficient (Wildman–Crippen LogP) is -0.850. The van der Waals surface area contributed by atoms with Crippen LogP contribution < -0.4 is 0 Å². The van der Waals surface area contributed by atoms with Crippen molar-refractivity contribution < 1.29 is 15.3 Å². The van der Waals surface area contributed by atoms with Crippen LogP contribution in [0.4, 0.5) is 0 Å². The summed E-state index contributed by atoms with van der Waals surface area (Å²) < 4.78 is 0. The summed E-state index contributed by atoms with van der Waals surface area (Å²) in [4.78, 5) is 2.09. The maximum atomic E-state index is 9.32. The summed E-state index contributed by atoms with van der Waals surface area (Å²) in [5.41, 5.74) is -0.831. The van der Waals surface area contributed by atoms with E-state index in [2.05, 4.69) is 4.90 Å². The summed E-state index contributed by atoms with van der Waals surface area (Å²) in [6.45, 7) is -0.559. The number of thioether (sulfide) groups is 2. The number of nitrogens with zero attached hydrogens (tertiary/aromatic N) is 1. The molecule has 2 unspecified atom stereocenters. The fourth-order valence-electron chi connectivity index (χ4n) is 2.00. The molecular weight excluding hydrogens is 222 g/mol. The van der Waals surface area contributed by atoms with Gasteiger partial charge in [0.15, 0.2) is 0 Å². The largest absolute Gasteiger partial charge is 0.394 e. The minimum atomic E-state index is -0.831. The van der Waals surface area contributed by atoms with Crippen LogP contribution in [0.3, 0.4) is 0 Å². The first-order valence-electron chi connectivity index (χ1n) is 4.61. The van der Waals surface area contributed by atoms with Crippen LogP contribution in [0.25, 0.3) is 0 Å². The zero-order valence-electron chi connectivity index (χ0n) is 7.80. The van der Waals surface area contributed by atoms with Gasteiger partial charge in [0.2, 0.25) is 0 Å². The van der Waals surface area contributed by atoms with E-state index in [1.807, 2.05) is 23.5 Å². The van der Waals surface area contributed by atoms with Gasteiger partial charge in [-0.15, -0.1) is 23.5 Å². The van der Waals surface area contributed by atoms with Crippen LogP contribution in [-0.2, 0) is 0 Å². The molecule has 2 aliphatic heterocycles. The van der Waals surface area contributed by atoms with Crippen molar-refractivity contribution in [3.05, 3.63) is 0 Å².